The van der Waals surface area contributed by atoms with Crippen molar-refractivity contribution in [2.24, 2.45) is 0 Å². The molecule has 1 heterocycles. The third kappa shape index (κ3) is 3.33. The number of aromatic nitrogens is 1. The molecule has 3 nitrogen and oxygen atoms in total. The van der Waals surface area contributed by atoms with Gasteiger partial charge in [-0.3, -0.25) is 0 Å². The van der Waals surface area contributed by atoms with Crippen molar-refractivity contribution >= 4 is 5.82 Å². The summed E-state index contributed by atoms with van der Waals surface area (Å²) < 4.78 is 38.6. The first kappa shape index (κ1) is 15.3. The molecule has 0 spiro atoms. The van der Waals surface area contributed by atoms with Crippen LogP contribution in [0.1, 0.15) is 11.1 Å². The van der Waals surface area contributed by atoms with Gasteiger partial charge in [-0.2, -0.15) is 13.2 Å². The van der Waals surface area contributed by atoms with Gasteiger partial charge in [0.25, 0.3) is 0 Å². The first-order chi connectivity index (χ1) is 9.82. The first-order valence-electron chi connectivity index (χ1n) is 6.27. The fourth-order valence-electron chi connectivity index (χ4n) is 2.02. The van der Waals surface area contributed by atoms with E-state index in [1.54, 1.807) is 43.3 Å². The zero-order valence-corrected chi connectivity index (χ0v) is 11.6. The van der Waals surface area contributed by atoms with Crippen LogP contribution >= 0.6 is 0 Å². The highest BCUT2D eigenvalue weighted by atomic mass is 19.4. The van der Waals surface area contributed by atoms with E-state index in [0.717, 1.165) is 12.3 Å². The molecule has 0 unspecified atom stereocenters. The minimum Gasteiger partial charge on any atom is -0.392 e. The van der Waals surface area contributed by atoms with Crippen molar-refractivity contribution in [2.75, 3.05) is 19.0 Å². The molecule has 1 aromatic heterocycles. The molecule has 0 saturated heterocycles. The van der Waals surface area contributed by atoms with Crippen molar-refractivity contribution in [3.63, 3.8) is 0 Å². The Morgan fingerprint density at radius 3 is 2.48 bits per heavy atom. The lowest BCUT2D eigenvalue weighted by atomic mass is 10.0. The maximum Gasteiger partial charge on any atom is 0.417 e. The standard InChI is InChI=1S/C15H15F3N2O/c1-20(2)14-13(7-12(8-19-14)15(16,17)18)11-5-3-4-10(6-11)9-21/h3-8,21H,9H2,1-2H3. The molecule has 0 saturated carbocycles. The van der Waals surface area contributed by atoms with E-state index >= 15 is 0 Å². The van der Waals surface area contributed by atoms with E-state index < -0.39 is 11.7 Å². The Hall–Kier alpha value is -2.08. The summed E-state index contributed by atoms with van der Waals surface area (Å²) in [5.74, 6) is 0.443. The fraction of sp³-hybridized carbons (Fsp3) is 0.267. The largest absolute Gasteiger partial charge is 0.417 e. The van der Waals surface area contributed by atoms with E-state index in [0.29, 0.717) is 22.5 Å². The van der Waals surface area contributed by atoms with Crippen LogP contribution in [0.4, 0.5) is 19.0 Å². The Balaban J connectivity index is 2.63. The van der Waals surface area contributed by atoms with E-state index in [-0.39, 0.29) is 6.61 Å². The van der Waals surface area contributed by atoms with Gasteiger partial charge in [0.05, 0.1) is 12.2 Å². The number of anilines is 1. The maximum absolute atomic E-state index is 12.9. The molecular formula is C15H15F3N2O. The monoisotopic (exact) mass is 296 g/mol. The number of alkyl halides is 3. The van der Waals surface area contributed by atoms with E-state index in [4.69, 9.17) is 5.11 Å². The average Bonchev–Trinajstić information content (AvgIpc) is 2.45. The summed E-state index contributed by atoms with van der Waals surface area (Å²) in [4.78, 5) is 5.57. The van der Waals surface area contributed by atoms with Gasteiger partial charge in [-0.25, -0.2) is 4.98 Å². The van der Waals surface area contributed by atoms with Crippen LogP contribution in [-0.2, 0) is 12.8 Å². The van der Waals surface area contributed by atoms with Crippen LogP contribution in [0.25, 0.3) is 11.1 Å². The molecule has 1 aromatic carbocycles. The van der Waals surface area contributed by atoms with Gasteiger partial charge in [0.2, 0.25) is 0 Å². The zero-order chi connectivity index (χ0) is 15.6. The van der Waals surface area contributed by atoms with Crippen molar-refractivity contribution in [3.05, 3.63) is 47.7 Å². The van der Waals surface area contributed by atoms with E-state index in [1.165, 1.54) is 0 Å². The average molecular weight is 296 g/mol. The normalized spacial score (nSPS) is 11.5. The number of pyridine rings is 1. The number of nitrogens with zero attached hydrogens (tertiary/aromatic N) is 2. The van der Waals surface area contributed by atoms with Crippen LogP contribution in [-0.4, -0.2) is 24.2 Å². The summed E-state index contributed by atoms with van der Waals surface area (Å²) in [6.45, 7) is -0.169. The molecule has 112 valence electrons. The van der Waals surface area contributed by atoms with Crippen LogP contribution in [0.2, 0.25) is 0 Å². The first-order valence-corrected chi connectivity index (χ1v) is 6.27. The number of rotatable bonds is 3. The molecule has 6 heteroatoms. The fourth-order valence-corrected chi connectivity index (χ4v) is 2.02. The van der Waals surface area contributed by atoms with Gasteiger partial charge in [0.1, 0.15) is 5.82 Å². The lowest BCUT2D eigenvalue weighted by molar-refractivity contribution is -0.137. The van der Waals surface area contributed by atoms with Gasteiger partial charge in [-0.05, 0) is 23.3 Å². The van der Waals surface area contributed by atoms with E-state index in [9.17, 15) is 13.2 Å². The Bertz CT molecular complexity index is 639. The van der Waals surface area contributed by atoms with Crippen LogP contribution in [0.3, 0.4) is 0 Å². The smallest absolute Gasteiger partial charge is 0.392 e. The third-order valence-corrected chi connectivity index (χ3v) is 3.04. The number of aliphatic hydroxyl groups is 1. The molecule has 1 N–H and O–H groups in total. The second kappa shape index (κ2) is 5.73. The zero-order valence-electron chi connectivity index (χ0n) is 11.6. The molecular weight excluding hydrogens is 281 g/mol. The number of aliphatic hydroxyl groups excluding tert-OH is 1. The highest BCUT2D eigenvalue weighted by Gasteiger charge is 2.32. The van der Waals surface area contributed by atoms with Gasteiger partial charge >= 0.3 is 6.18 Å². The summed E-state index contributed by atoms with van der Waals surface area (Å²) >= 11 is 0. The Morgan fingerprint density at radius 2 is 1.90 bits per heavy atom. The highest BCUT2D eigenvalue weighted by Crippen LogP contribution is 2.35. The molecule has 2 rings (SSSR count). The Kier molecular flexibility index (Phi) is 4.18. The second-order valence-electron chi connectivity index (χ2n) is 4.85. The lowest BCUT2D eigenvalue weighted by Gasteiger charge is -2.18. The quantitative estimate of drug-likeness (QED) is 0.944. The number of hydrogen-bond donors (Lipinski definition) is 1. The predicted molar refractivity (Wildman–Crippen MR) is 74.9 cm³/mol. The van der Waals surface area contributed by atoms with Gasteiger partial charge in [0, 0.05) is 25.9 Å². The van der Waals surface area contributed by atoms with E-state index in [2.05, 4.69) is 4.98 Å². The van der Waals surface area contributed by atoms with E-state index in [1.807, 2.05) is 0 Å². The van der Waals surface area contributed by atoms with Crippen LogP contribution in [0.5, 0.6) is 0 Å². The molecule has 0 aliphatic rings. The summed E-state index contributed by atoms with van der Waals surface area (Å²) in [5.41, 5.74) is 0.807. The molecule has 0 bridgehead atoms. The molecule has 0 aliphatic heterocycles. The van der Waals surface area contributed by atoms with Gasteiger partial charge < -0.3 is 10.0 Å². The Morgan fingerprint density at radius 1 is 1.19 bits per heavy atom. The summed E-state index contributed by atoms with van der Waals surface area (Å²) in [6, 6.07) is 7.84. The molecule has 0 amide bonds. The number of benzene rings is 1. The predicted octanol–water partition coefficient (Wildman–Crippen LogP) is 3.33. The van der Waals surface area contributed by atoms with Crippen molar-refractivity contribution in [1.82, 2.24) is 4.98 Å². The molecule has 21 heavy (non-hydrogen) atoms. The maximum atomic E-state index is 12.9. The second-order valence-corrected chi connectivity index (χ2v) is 4.85. The molecule has 2 aromatic rings. The van der Waals surface area contributed by atoms with Crippen molar-refractivity contribution in [1.29, 1.82) is 0 Å². The van der Waals surface area contributed by atoms with Crippen molar-refractivity contribution < 1.29 is 18.3 Å². The topological polar surface area (TPSA) is 36.4 Å². The summed E-state index contributed by atoms with van der Waals surface area (Å²) in [6.07, 6.45) is -3.62. The molecule has 0 fully saturated rings. The van der Waals surface area contributed by atoms with Crippen LogP contribution < -0.4 is 4.90 Å². The minimum absolute atomic E-state index is 0.169. The third-order valence-electron chi connectivity index (χ3n) is 3.04. The van der Waals surface area contributed by atoms with Gasteiger partial charge in [-0.15, -0.1) is 0 Å². The highest BCUT2D eigenvalue weighted by molar-refractivity contribution is 5.76. The molecule has 0 atom stereocenters. The van der Waals surface area contributed by atoms with Crippen molar-refractivity contribution in [2.45, 2.75) is 12.8 Å². The summed E-state index contributed by atoms with van der Waals surface area (Å²) in [7, 11) is 3.43. The molecule has 0 radical (unpaired) electrons. The minimum atomic E-state index is -4.44. The van der Waals surface area contributed by atoms with Gasteiger partial charge in [0.15, 0.2) is 0 Å². The van der Waals surface area contributed by atoms with Crippen LogP contribution in [0, 0.1) is 0 Å². The van der Waals surface area contributed by atoms with Crippen molar-refractivity contribution in [3.8, 4) is 11.1 Å². The lowest BCUT2D eigenvalue weighted by Crippen LogP contribution is -2.14. The SMILES string of the molecule is CN(C)c1ncc(C(F)(F)F)cc1-c1cccc(CO)c1. The Labute approximate surface area is 120 Å². The van der Waals surface area contributed by atoms with Crippen LogP contribution in [0.15, 0.2) is 36.5 Å². The number of hydrogen-bond acceptors (Lipinski definition) is 3. The number of halogens is 3. The molecule has 0 aliphatic carbocycles. The summed E-state index contributed by atoms with van der Waals surface area (Å²) in [5, 5.41) is 9.17. The van der Waals surface area contributed by atoms with Gasteiger partial charge in [-0.1, -0.05) is 18.2 Å².